The Bertz CT molecular complexity index is 1540. The van der Waals surface area contributed by atoms with Gasteiger partial charge in [0.2, 0.25) is 0 Å². The van der Waals surface area contributed by atoms with Crippen molar-refractivity contribution in [3.8, 4) is 16.9 Å². The van der Waals surface area contributed by atoms with Crippen molar-refractivity contribution in [1.82, 2.24) is 14.8 Å². The lowest BCUT2D eigenvalue weighted by atomic mass is 9.97. The zero-order valence-electron chi connectivity index (χ0n) is 20.3. The summed E-state index contributed by atoms with van der Waals surface area (Å²) in [7, 11) is 0. The zero-order chi connectivity index (χ0) is 25.2. The molecular weight excluding hydrogens is 494 g/mol. The van der Waals surface area contributed by atoms with Crippen LogP contribution in [0.1, 0.15) is 29.2 Å². The van der Waals surface area contributed by atoms with E-state index in [1.807, 2.05) is 58.2 Å². The number of hydrogen-bond donors (Lipinski definition) is 1. The van der Waals surface area contributed by atoms with Gasteiger partial charge in [0.1, 0.15) is 0 Å². The van der Waals surface area contributed by atoms with E-state index in [2.05, 4.69) is 71.7 Å². The number of aryl methyl sites for hydroxylation is 1. The van der Waals surface area contributed by atoms with Crippen molar-refractivity contribution in [2.24, 2.45) is 5.10 Å². The van der Waals surface area contributed by atoms with Gasteiger partial charge in [-0.1, -0.05) is 66.2 Å². The first-order valence-electron chi connectivity index (χ1n) is 12.1. The molecule has 3 aromatic carbocycles. The molecule has 0 bridgehead atoms. The largest absolute Gasteiger partial charge is 0.331 e. The van der Waals surface area contributed by atoms with Gasteiger partial charge in [0, 0.05) is 35.0 Å². The molecule has 0 unspecified atom stereocenters. The number of nitrogens with one attached hydrogen (secondary N) is 1. The molecule has 0 saturated carbocycles. The van der Waals surface area contributed by atoms with E-state index < -0.39 is 0 Å². The fraction of sp³-hybridized carbons (Fsp3) is 0.100. The van der Waals surface area contributed by atoms with Crippen LogP contribution in [0.3, 0.4) is 0 Å². The normalized spacial score (nSPS) is 15.0. The minimum absolute atomic E-state index is 0.104. The number of aromatic nitrogens is 2. The maximum Gasteiger partial charge on any atom is 0.194 e. The number of benzene rings is 3. The van der Waals surface area contributed by atoms with Crippen LogP contribution in [0.2, 0.25) is 0 Å². The minimum atomic E-state index is -0.104. The van der Waals surface area contributed by atoms with Gasteiger partial charge >= 0.3 is 0 Å². The van der Waals surface area contributed by atoms with E-state index in [4.69, 9.17) is 22.4 Å². The van der Waals surface area contributed by atoms with Crippen LogP contribution in [0.4, 0.5) is 5.69 Å². The molecule has 37 heavy (non-hydrogen) atoms. The van der Waals surface area contributed by atoms with Crippen LogP contribution < -0.4 is 5.32 Å². The fourth-order valence-electron chi connectivity index (χ4n) is 4.53. The number of anilines is 1. The summed E-state index contributed by atoms with van der Waals surface area (Å²) < 4.78 is 1.96. The number of para-hydroxylation sites is 2. The summed E-state index contributed by atoms with van der Waals surface area (Å²) in [6.45, 7) is 2.10. The summed E-state index contributed by atoms with van der Waals surface area (Å²) in [6.07, 6.45) is 2.85. The molecule has 0 amide bonds. The van der Waals surface area contributed by atoms with Gasteiger partial charge in [0.05, 0.1) is 23.1 Å². The Labute approximate surface area is 225 Å². The van der Waals surface area contributed by atoms with E-state index in [-0.39, 0.29) is 6.04 Å². The monoisotopic (exact) mass is 519 g/mol. The smallest absolute Gasteiger partial charge is 0.194 e. The quantitative estimate of drug-likeness (QED) is 0.245. The second-order valence-corrected chi connectivity index (χ2v) is 10.2. The first-order chi connectivity index (χ1) is 18.2. The lowest BCUT2D eigenvalue weighted by Gasteiger charge is -2.24. The van der Waals surface area contributed by atoms with Gasteiger partial charge in [-0.05, 0) is 60.2 Å². The number of nitrogens with zero attached hydrogens (tertiary/aromatic N) is 4. The third kappa shape index (κ3) is 4.83. The van der Waals surface area contributed by atoms with E-state index >= 15 is 0 Å². The van der Waals surface area contributed by atoms with E-state index in [1.165, 1.54) is 5.56 Å². The Morgan fingerprint density at radius 2 is 1.65 bits per heavy atom. The molecule has 3 heterocycles. The minimum Gasteiger partial charge on any atom is -0.331 e. The average Bonchev–Trinajstić information content (AvgIpc) is 3.70. The molecule has 1 N–H and O–H groups in total. The van der Waals surface area contributed by atoms with Crippen molar-refractivity contribution >= 4 is 40.1 Å². The molecule has 5 nitrogen and oxygen atoms in total. The van der Waals surface area contributed by atoms with Crippen LogP contribution in [-0.4, -0.2) is 25.6 Å². The van der Waals surface area contributed by atoms with Crippen LogP contribution in [0, 0.1) is 6.92 Å². The molecule has 182 valence electrons. The van der Waals surface area contributed by atoms with Gasteiger partial charge in [0.15, 0.2) is 5.11 Å². The van der Waals surface area contributed by atoms with E-state index in [9.17, 15) is 0 Å². The Balaban J connectivity index is 1.44. The number of hydrazone groups is 1. The van der Waals surface area contributed by atoms with Gasteiger partial charge < -0.3 is 5.32 Å². The highest BCUT2D eigenvalue weighted by atomic mass is 32.1. The lowest BCUT2D eigenvalue weighted by Crippen LogP contribution is -2.31. The van der Waals surface area contributed by atoms with Gasteiger partial charge in [-0.15, -0.1) is 0 Å². The highest BCUT2D eigenvalue weighted by molar-refractivity contribution is 7.80. The molecule has 0 spiro atoms. The number of thiocarbonyl (C=S) groups is 1. The van der Waals surface area contributed by atoms with E-state index in [0.29, 0.717) is 5.11 Å². The Hall–Kier alpha value is -4.07. The Morgan fingerprint density at radius 1 is 0.919 bits per heavy atom. The molecule has 1 aliphatic heterocycles. The molecule has 6 rings (SSSR count). The van der Waals surface area contributed by atoms with Gasteiger partial charge in [-0.3, -0.25) is 0 Å². The van der Waals surface area contributed by atoms with Crippen LogP contribution in [0.15, 0.2) is 113 Å². The molecule has 2 aromatic heterocycles. The van der Waals surface area contributed by atoms with Crippen LogP contribution in [0.5, 0.6) is 0 Å². The summed E-state index contributed by atoms with van der Waals surface area (Å²) in [4.78, 5) is 0. The van der Waals surface area contributed by atoms with Gasteiger partial charge in [-0.2, -0.15) is 21.5 Å². The average molecular weight is 520 g/mol. The summed E-state index contributed by atoms with van der Waals surface area (Å²) in [5.74, 6) is 0. The summed E-state index contributed by atoms with van der Waals surface area (Å²) >= 11 is 7.59. The highest BCUT2D eigenvalue weighted by Gasteiger charge is 2.35. The van der Waals surface area contributed by atoms with E-state index in [0.717, 1.165) is 45.9 Å². The van der Waals surface area contributed by atoms with Crippen molar-refractivity contribution in [1.29, 1.82) is 0 Å². The van der Waals surface area contributed by atoms with E-state index in [1.54, 1.807) is 11.3 Å². The number of rotatable bonds is 5. The molecule has 0 fully saturated rings. The predicted molar refractivity (Wildman–Crippen MR) is 156 cm³/mol. The molecule has 7 heteroatoms. The Kier molecular flexibility index (Phi) is 6.39. The van der Waals surface area contributed by atoms with Crippen molar-refractivity contribution in [3.63, 3.8) is 0 Å². The molecule has 1 aliphatic rings. The van der Waals surface area contributed by atoms with Gasteiger partial charge in [-0.25, -0.2) is 9.69 Å². The fourth-order valence-corrected chi connectivity index (χ4v) is 5.48. The topological polar surface area (TPSA) is 45.5 Å². The molecule has 5 aromatic rings. The predicted octanol–water partition coefficient (Wildman–Crippen LogP) is 7.46. The molecule has 0 saturated heterocycles. The maximum absolute atomic E-state index is 5.92. The number of thiophene rings is 1. The van der Waals surface area contributed by atoms with Gasteiger partial charge in [0.25, 0.3) is 0 Å². The second-order valence-electron chi connectivity index (χ2n) is 9.00. The van der Waals surface area contributed by atoms with Crippen molar-refractivity contribution in [2.45, 2.75) is 19.4 Å². The SMILES string of the molecule is Cc1ccc(-c2nn(-c3ccccc3)cc2[C@@H]2CC(c3ccsc3)=NN2C(=S)Nc2ccccc2)cc1. The van der Waals surface area contributed by atoms with Crippen LogP contribution >= 0.6 is 23.6 Å². The highest BCUT2D eigenvalue weighted by Crippen LogP contribution is 2.39. The lowest BCUT2D eigenvalue weighted by molar-refractivity contribution is 0.376. The zero-order valence-corrected chi connectivity index (χ0v) is 21.9. The van der Waals surface area contributed by atoms with Crippen molar-refractivity contribution < 1.29 is 0 Å². The maximum atomic E-state index is 5.92. The third-order valence-electron chi connectivity index (χ3n) is 6.45. The van der Waals surface area contributed by atoms with Crippen LogP contribution in [-0.2, 0) is 0 Å². The molecule has 1 atom stereocenters. The second kappa shape index (κ2) is 10.1. The summed E-state index contributed by atoms with van der Waals surface area (Å²) in [5, 5.41) is 20.2. The standard InChI is InChI=1S/C30H25N5S2/c1-21-12-14-22(15-13-21)29-26(19-34(33-29)25-10-6-3-7-11-25)28-18-27(23-16-17-37-20-23)32-35(28)30(36)31-24-8-4-2-5-9-24/h2-17,19-20,28H,18H2,1H3,(H,31,36)/t28-/m0/s1. The first-order valence-corrected chi connectivity index (χ1v) is 13.5. The molecule has 0 aliphatic carbocycles. The molecule has 0 radical (unpaired) electrons. The Morgan fingerprint density at radius 3 is 2.35 bits per heavy atom. The summed E-state index contributed by atoms with van der Waals surface area (Å²) in [5.41, 5.74) is 8.40. The number of hydrogen-bond acceptors (Lipinski definition) is 4. The van der Waals surface area contributed by atoms with Crippen LogP contribution in [0.25, 0.3) is 16.9 Å². The van der Waals surface area contributed by atoms with Crippen molar-refractivity contribution in [2.75, 3.05) is 5.32 Å². The van der Waals surface area contributed by atoms with Crippen molar-refractivity contribution in [3.05, 3.63) is 125 Å². The molecular formula is C30H25N5S2. The third-order valence-corrected chi connectivity index (χ3v) is 7.42. The first kappa shape index (κ1) is 23.3. The summed E-state index contributed by atoms with van der Waals surface area (Å²) in [6, 6.07) is 30.7.